The number of unbranched alkanes of at least 4 members (excludes halogenated alkanes) is 4. The van der Waals surface area contributed by atoms with Crippen LogP contribution >= 0.6 is 0 Å². The third kappa shape index (κ3) is 5.47. The van der Waals surface area contributed by atoms with Gasteiger partial charge in [0.15, 0.2) is 0 Å². The molecule has 0 unspecified atom stereocenters. The third-order valence-electron chi connectivity index (χ3n) is 5.10. The maximum Gasteiger partial charge on any atom is 0.270 e. The Morgan fingerprint density at radius 3 is 2.14 bits per heavy atom. The molecule has 0 aromatic heterocycles. The number of aryl methyl sites for hydroxylation is 1. The molecular weight excluding hydrogens is 376 g/mol. The van der Waals surface area contributed by atoms with E-state index in [1.165, 1.54) is 18.6 Å². The summed E-state index contributed by atoms with van der Waals surface area (Å²) in [5.41, 5.74) is 1.43. The van der Waals surface area contributed by atoms with Crippen LogP contribution in [0.2, 0.25) is 0 Å². The van der Waals surface area contributed by atoms with Gasteiger partial charge in [-0.15, -0.1) is 0 Å². The van der Waals surface area contributed by atoms with Crippen molar-refractivity contribution in [3.8, 4) is 11.1 Å². The van der Waals surface area contributed by atoms with E-state index < -0.39 is 17.7 Å². The maximum atomic E-state index is 14.7. The molecule has 0 nitrogen and oxygen atoms in total. The van der Waals surface area contributed by atoms with Crippen molar-refractivity contribution >= 4 is 16.8 Å². The smallest absolute Gasteiger partial charge is 0.206 e. The molecule has 0 fully saturated rings. The second-order valence-electron chi connectivity index (χ2n) is 7.35. The topological polar surface area (TPSA) is 0 Å². The van der Waals surface area contributed by atoms with E-state index in [0.29, 0.717) is 23.1 Å². The minimum atomic E-state index is -1.77. The zero-order chi connectivity index (χ0) is 20.8. The number of benzene rings is 3. The molecule has 152 valence electrons. The van der Waals surface area contributed by atoms with Gasteiger partial charge < -0.3 is 0 Å². The van der Waals surface area contributed by atoms with E-state index in [0.717, 1.165) is 42.5 Å². The molecule has 0 amide bonds. The second-order valence-corrected chi connectivity index (χ2v) is 7.35. The Morgan fingerprint density at radius 1 is 0.793 bits per heavy atom. The first kappa shape index (κ1) is 21.1. The first-order chi connectivity index (χ1) is 14.0. The third-order valence-corrected chi connectivity index (χ3v) is 5.10. The molecule has 3 aromatic rings. The Kier molecular flexibility index (Phi) is 7.08. The van der Waals surface area contributed by atoms with Gasteiger partial charge in [-0.25, -0.2) is 8.78 Å². The maximum absolute atomic E-state index is 14.7. The van der Waals surface area contributed by atoms with Crippen molar-refractivity contribution in [2.75, 3.05) is 0 Å². The SMILES string of the molecule is CCCCCCCc1cc(F)c(-c2ccc3cc(C=C(F)F)ccc3c2)c(F)c1. The molecule has 3 rings (SSSR count). The molecule has 0 N–H and O–H groups in total. The highest BCUT2D eigenvalue weighted by Gasteiger charge is 2.14. The quantitative estimate of drug-likeness (QED) is 0.262. The normalized spacial score (nSPS) is 11.1. The van der Waals surface area contributed by atoms with E-state index in [1.54, 1.807) is 36.4 Å². The molecule has 4 heteroatoms. The molecule has 3 aromatic carbocycles. The summed E-state index contributed by atoms with van der Waals surface area (Å²) in [5.74, 6) is -1.15. The van der Waals surface area contributed by atoms with Crippen molar-refractivity contribution in [3.05, 3.63) is 77.4 Å². The number of fused-ring (bicyclic) bond motifs is 1. The van der Waals surface area contributed by atoms with Crippen molar-refractivity contribution in [2.45, 2.75) is 45.4 Å². The zero-order valence-electron chi connectivity index (χ0n) is 16.5. The molecule has 0 saturated carbocycles. The zero-order valence-corrected chi connectivity index (χ0v) is 16.5. The second kappa shape index (κ2) is 9.73. The Balaban J connectivity index is 1.84. The van der Waals surface area contributed by atoms with Crippen LogP contribution in [0.25, 0.3) is 28.0 Å². The Hall–Kier alpha value is -2.62. The van der Waals surface area contributed by atoms with Crippen LogP contribution in [0.4, 0.5) is 17.6 Å². The molecule has 0 radical (unpaired) electrons. The molecule has 0 spiro atoms. The average molecular weight is 400 g/mol. The van der Waals surface area contributed by atoms with Crippen LogP contribution in [0.15, 0.2) is 54.6 Å². The lowest BCUT2D eigenvalue weighted by molar-refractivity contribution is 0.429. The van der Waals surface area contributed by atoms with Gasteiger partial charge in [-0.3, -0.25) is 0 Å². The fourth-order valence-corrected chi connectivity index (χ4v) is 3.61. The van der Waals surface area contributed by atoms with Crippen molar-refractivity contribution < 1.29 is 17.6 Å². The van der Waals surface area contributed by atoms with Crippen LogP contribution in [-0.2, 0) is 6.42 Å². The predicted octanol–water partition coefficient (Wildman–Crippen LogP) is 8.54. The molecular formula is C25H24F4. The van der Waals surface area contributed by atoms with Gasteiger partial charge in [0, 0.05) is 6.08 Å². The van der Waals surface area contributed by atoms with Gasteiger partial charge in [-0.2, -0.15) is 8.78 Å². The first-order valence-corrected chi connectivity index (χ1v) is 10.0. The lowest BCUT2D eigenvalue weighted by Gasteiger charge is -2.10. The minimum absolute atomic E-state index is 0.0552. The van der Waals surface area contributed by atoms with Crippen LogP contribution < -0.4 is 0 Å². The number of hydrogen-bond donors (Lipinski definition) is 0. The van der Waals surface area contributed by atoms with E-state index in [-0.39, 0.29) is 5.56 Å². The van der Waals surface area contributed by atoms with E-state index in [4.69, 9.17) is 0 Å². The molecule has 0 heterocycles. The van der Waals surface area contributed by atoms with Gasteiger partial charge in [0.1, 0.15) is 11.6 Å². The fourth-order valence-electron chi connectivity index (χ4n) is 3.61. The first-order valence-electron chi connectivity index (χ1n) is 10.0. The van der Waals surface area contributed by atoms with E-state index in [2.05, 4.69) is 6.92 Å². The van der Waals surface area contributed by atoms with Crippen molar-refractivity contribution in [2.24, 2.45) is 0 Å². The Bertz CT molecular complexity index is 994. The minimum Gasteiger partial charge on any atom is -0.206 e. The van der Waals surface area contributed by atoms with Crippen LogP contribution in [0.3, 0.4) is 0 Å². The van der Waals surface area contributed by atoms with Crippen LogP contribution in [-0.4, -0.2) is 0 Å². The predicted molar refractivity (Wildman–Crippen MR) is 112 cm³/mol. The molecule has 0 aliphatic heterocycles. The van der Waals surface area contributed by atoms with Crippen LogP contribution in [0, 0.1) is 11.6 Å². The van der Waals surface area contributed by atoms with E-state index >= 15 is 0 Å². The largest absolute Gasteiger partial charge is 0.270 e. The fraction of sp³-hybridized carbons (Fsp3) is 0.280. The number of hydrogen-bond acceptors (Lipinski definition) is 0. The lowest BCUT2D eigenvalue weighted by atomic mass is 9.97. The highest BCUT2D eigenvalue weighted by atomic mass is 19.3. The van der Waals surface area contributed by atoms with Gasteiger partial charge in [-0.05, 0) is 64.6 Å². The summed E-state index contributed by atoms with van der Waals surface area (Å²) < 4.78 is 54.3. The van der Waals surface area contributed by atoms with Gasteiger partial charge in [0.05, 0.1) is 5.56 Å². The Morgan fingerprint density at radius 2 is 1.45 bits per heavy atom. The molecule has 0 aliphatic rings. The standard InChI is InChI=1S/C25H24F4/c1-2-3-4-5-6-7-17-13-22(26)25(23(27)14-17)21-11-10-19-12-18(15-24(28)29)8-9-20(19)16-21/h8-16H,2-7H2,1H3. The van der Waals surface area contributed by atoms with Crippen LogP contribution in [0.1, 0.15) is 50.2 Å². The van der Waals surface area contributed by atoms with Gasteiger partial charge in [0.2, 0.25) is 0 Å². The highest BCUT2D eigenvalue weighted by molar-refractivity contribution is 5.89. The van der Waals surface area contributed by atoms with Gasteiger partial charge in [-0.1, -0.05) is 56.9 Å². The molecule has 0 bridgehead atoms. The van der Waals surface area contributed by atoms with Crippen molar-refractivity contribution in [3.63, 3.8) is 0 Å². The van der Waals surface area contributed by atoms with Crippen molar-refractivity contribution in [1.82, 2.24) is 0 Å². The molecule has 0 saturated heterocycles. The highest BCUT2D eigenvalue weighted by Crippen LogP contribution is 2.31. The summed E-state index contributed by atoms with van der Waals surface area (Å²) in [7, 11) is 0. The number of halogens is 4. The lowest BCUT2D eigenvalue weighted by Crippen LogP contribution is -1.95. The summed E-state index contributed by atoms with van der Waals surface area (Å²) in [4.78, 5) is 0. The van der Waals surface area contributed by atoms with Gasteiger partial charge in [0.25, 0.3) is 6.08 Å². The van der Waals surface area contributed by atoms with Crippen LogP contribution in [0.5, 0.6) is 0 Å². The molecule has 0 aliphatic carbocycles. The van der Waals surface area contributed by atoms with Gasteiger partial charge >= 0.3 is 0 Å². The Labute approximate surface area is 168 Å². The van der Waals surface area contributed by atoms with E-state index in [1.807, 2.05) is 0 Å². The summed E-state index contributed by atoms with van der Waals surface area (Å²) in [5, 5.41) is 1.46. The average Bonchev–Trinajstić information content (AvgIpc) is 2.67. The summed E-state index contributed by atoms with van der Waals surface area (Å²) in [6.07, 6.45) is 5.16. The van der Waals surface area contributed by atoms with E-state index in [9.17, 15) is 17.6 Å². The monoisotopic (exact) mass is 400 g/mol. The molecule has 29 heavy (non-hydrogen) atoms. The van der Waals surface area contributed by atoms with Crippen molar-refractivity contribution in [1.29, 1.82) is 0 Å². The summed E-state index contributed by atoms with van der Waals surface area (Å²) in [6, 6.07) is 12.7. The summed E-state index contributed by atoms with van der Waals surface area (Å²) in [6.45, 7) is 2.15. The summed E-state index contributed by atoms with van der Waals surface area (Å²) >= 11 is 0. The molecule has 0 atom stereocenters. The number of rotatable bonds is 8.